The van der Waals surface area contributed by atoms with Gasteiger partial charge in [0.15, 0.2) is 44.1 Å². The van der Waals surface area contributed by atoms with Crippen molar-refractivity contribution in [1.29, 1.82) is 0 Å². The van der Waals surface area contributed by atoms with Crippen molar-refractivity contribution < 1.29 is 18.1 Å². The van der Waals surface area contributed by atoms with E-state index >= 15 is 0 Å². The van der Waals surface area contributed by atoms with Gasteiger partial charge in [-0.25, -0.2) is 18.3 Å². The Morgan fingerprint density at radius 1 is 0.274 bits per heavy atom. The van der Waals surface area contributed by atoms with Gasteiger partial charge in [-0.15, -0.1) is 0 Å². The molecule has 22 aromatic rings. The summed E-state index contributed by atoms with van der Waals surface area (Å²) in [4.78, 5) is 19.6. The average Bonchev–Trinajstić information content (AvgIpc) is 1.56. The van der Waals surface area contributed by atoms with E-state index in [1.807, 2.05) is 12.4 Å². The van der Waals surface area contributed by atoms with Crippen LogP contribution in [0.3, 0.4) is 0 Å². The molecule has 0 radical (unpaired) electrons. The van der Waals surface area contributed by atoms with Crippen LogP contribution >= 0.6 is 0 Å². The van der Waals surface area contributed by atoms with Crippen molar-refractivity contribution in [1.82, 2.24) is 37.7 Å². The van der Waals surface area contributed by atoms with E-state index in [2.05, 4.69) is 419 Å². The van der Waals surface area contributed by atoms with Crippen LogP contribution < -0.4 is 18.1 Å². The normalized spacial score (nSPS) is 12.2. The fraction of sp³-hybridized carbons (Fsp3) is 0.250. The number of aryl methyl sites for hydroxylation is 10. The van der Waals surface area contributed by atoms with E-state index in [0.717, 1.165) is 33.5 Å². The van der Waals surface area contributed by atoms with Crippen LogP contribution in [0.15, 0.2) is 243 Å². The van der Waals surface area contributed by atoms with Crippen LogP contribution in [0.25, 0.3) is 176 Å². The third-order valence-electron chi connectivity index (χ3n) is 26.6. The van der Waals surface area contributed by atoms with Crippen molar-refractivity contribution in [2.24, 2.45) is 28.2 Å². The van der Waals surface area contributed by atoms with Gasteiger partial charge in [0.2, 0.25) is 0 Å². The number of pyridine rings is 8. The van der Waals surface area contributed by atoms with Gasteiger partial charge in [-0.05, 0) is 288 Å². The predicted octanol–water partition coefficient (Wildman–Crippen LogP) is 26.4. The monoisotopic (exact) mass is 1620 g/mol. The van der Waals surface area contributed by atoms with Crippen molar-refractivity contribution in [2.75, 3.05) is 0 Å². The maximum Gasteiger partial charge on any atom is 0.297 e. The van der Waals surface area contributed by atoms with Gasteiger partial charge in [0.1, 0.15) is 22.1 Å². The van der Waals surface area contributed by atoms with Gasteiger partial charge in [0.25, 0.3) is 22.6 Å². The second-order valence-corrected chi connectivity index (χ2v) is 36.7. The van der Waals surface area contributed by atoms with Crippen molar-refractivity contribution in [3.8, 4) is 22.3 Å². The van der Waals surface area contributed by atoms with Crippen LogP contribution in [0.5, 0.6) is 0 Å². The molecule has 0 atom stereocenters. The van der Waals surface area contributed by atoms with Crippen LogP contribution in [0.2, 0.25) is 0 Å². The molecule has 124 heavy (non-hydrogen) atoms. The fourth-order valence-corrected chi connectivity index (χ4v) is 20.6. The molecule has 10 aromatic carbocycles. The van der Waals surface area contributed by atoms with Gasteiger partial charge < -0.3 is 0 Å². The molecular weight excluding hydrogens is 1510 g/mol. The SMILES string of the molecule is Cc1cc(C)c2c(n1)c1cc(C(C)C)ccc1n1c3ccccc3[n+](C)c21.Cc1cc(C)c2c(n1)c1ccc(C(C)C)cc1n1c3ccccc3[n+](C)c21.Cc1ccnc2c3ccccc3[n+]3c4ccc(-c5c(C(C)C)cccc5C(C)C)cc4n(C)c3c12.Cc1ccnc2c3ccccc3n3c4cc(-c5c(C(C)C)cccc5C(C)C)ccc4[n+](C)c3c12. The molecule has 12 heteroatoms. The topological polar surface area (TPSA) is 85.5 Å². The molecule has 0 saturated carbocycles. The maximum atomic E-state index is 5.00. The number of benzene rings is 10. The molecule has 12 heterocycles. The summed E-state index contributed by atoms with van der Waals surface area (Å²) in [6.45, 7) is 40.3. The quantitative estimate of drug-likeness (QED) is 0.112. The first kappa shape index (κ1) is 80.4. The Morgan fingerprint density at radius 3 is 1.18 bits per heavy atom. The lowest BCUT2D eigenvalue weighted by Crippen LogP contribution is -2.27. The van der Waals surface area contributed by atoms with Gasteiger partial charge >= 0.3 is 0 Å². The highest BCUT2D eigenvalue weighted by Crippen LogP contribution is 2.44. The van der Waals surface area contributed by atoms with E-state index < -0.39 is 0 Å². The molecule has 0 aliphatic rings. The van der Waals surface area contributed by atoms with Gasteiger partial charge in [0.05, 0.1) is 71.8 Å². The second-order valence-electron chi connectivity index (χ2n) is 36.7. The molecule has 0 fully saturated rings. The number of aromatic nitrogens is 12. The summed E-state index contributed by atoms with van der Waals surface area (Å²) in [6, 6.07) is 84.6. The number of rotatable bonds is 8. The first-order chi connectivity index (χ1) is 59.7. The molecule has 616 valence electrons. The maximum absolute atomic E-state index is 5.00. The minimum atomic E-state index is 0.457. The number of hydrogen-bond acceptors (Lipinski definition) is 4. The fourth-order valence-electron chi connectivity index (χ4n) is 20.6. The summed E-state index contributed by atoms with van der Waals surface area (Å²) in [5.74, 6) is 2.81. The van der Waals surface area contributed by atoms with Crippen LogP contribution in [0.4, 0.5) is 0 Å². The molecular formula is C112H112N12+4. The molecule has 0 saturated heterocycles. The van der Waals surface area contributed by atoms with Crippen LogP contribution in [-0.4, -0.2) is 37.7 Å². The number of fused-ring (bicyclic) bond motifs is 32. The standard InChI is InChI=1S/2C32H32N3.2C24H24N3/c1-19(2)23-11-9-12-24(20(3)4)30(23)22-14-15-27-28(18-22)34(6)32-29-21(5)16-17-33-31(29)25-10-7-8-13-26(25)35(27)32;1-19(2)23-11-9-12-24(20(3)4)30(23)22-14-15-27-28(18-22)35-26-13-8-7-10-25(26)31-29(32(35)34(27)6)21(5)16-17-33-31;1-14(2)17-10-11-19-18(13-17)23-22(15(3)12-16(4)25-23)24-26(5)20-8-6-7-9-21(20)27(19)24;1-14(2)17-10-11-18-21(13-17)27-20-9-7-6-8-19(20)26(5)24(27)22-15(3)12-16(4)25-23(18)22/h2*7-20H,1-6H3;2*6-14H,1-5H3/q4*+1. The van der Waals surface area contributed by atoms with E-state index in [0.29, 0.717) is 35.5 Å². The van der Waals surface area contributed by atoms with Gasteiger partial charge in [0, 0.05) is 45.3 Å². The summed E-state index contributed by atoms with van der Waals surface area (Å²) < 4.78 is 19.0. The number of nitrogens with zero attached hydrogens (tertiary/aromatic N) is 12. The predicted molar refractivity (Wildman–Crippen MR) is 519 cm³/mol. The first-order valence-electron chi connectivity index (χ1n) is 44.4. The molecule has 22 rings (SSSR count). The van der Waals surface area contributed by atoms with Gasteiger partial charge in [-0.3, -0.25) is 19.9 Å². The molecule has 0 unspecified atom stereocenters. The lowest BCUT2D eigenvalue weighted by molar-refractivity contribution is -0.617. The molecule has 0 aliphatic carbocycles. The zero-order valence-electron chi connectivity index (χ0n) is 75.9. The molecule has 0 N–H and O–H groups in total. The number of hydrogen-bond donors (Lipinski definition) is 0. The Kier molecular flexibility index (Phi) is 20.1. The summed E-state index contributed by atoms with van der Waals surface area (Å²) in [7, 11) is 8.69. The second kappa shape index (κ2) is 30.9. The Hall–Kier alpha value is -13.3. The highest BCUT2D eigenvalue weighted by atomic mass is 15.1. The molecule has 12 aromatic heterocycles. The van der Waals surface area contributed by atoms with Crippen LogP contribution in [0, 0.1) is 41.5 Å². The Bertz CT molecular complexity index is 8100. The summed E-state index contributed by atoms with van der Waals surface area (Å²) in [5.41, 5.74) is 44.7. The molecule has 0 aliphatic heterocycles. The Balaban J connectivity index is 0.000000109. The molecule has 0 bridgehead atoms. The minimum absolute atomic E-state index is 0.457. The molecule has 12 nitrogen and oxygen atoms in total. The molecule has 0 spiro atoms. The van der Waals surface area contributed by atoms with Gasteiger partial charge in [-0.2, -0.15) is 17.6 Å². The lowest BCUT2D eigenvalue weighted by atomic mass is 9.85. The Labute approximate surface area is 725 Å². The van der Waals surface area contributed by atoms with Crippen molar-refractivity contribution in [3.05, 3.63) is 310 Å². The lowest BCUT2D eigenvalue weighted by Gasteiger charge is -2.19. The third kappa shape index (κ3) is 12.7. The van der Waals surface area contributed by atoms with E-state index in [4.69, 9.17) is 19.9 Å². The zero-order chi connectivity index (χ0) is 86.6. The van der Waals surface area contributed by atoms with E-state index in [-0.39, 0.29) is 0 Å². The smallest absolute Gasteiger partial charge is 0.255 e. The first-order valence-corrected chi connectivity index (χ1v) is 44.4. The minimum Gasteiger partial charge on any atom is -0.255 e. The Morgan fingerprint density at radius 2 is 0.661 bits per heavy atom. The van der Waals surface area contributed by atoms with Crippen molar-refractivity contribution in [2.45, 2.75) is 160 Å². The van der Waals surface area contributed by atoms with E-state index in [9.17, 15) is 0 Å². The van der Waals surface area contributed by atoms with Crippen LogP contribution in [-0.2, 0) is 28.2 Å². The third-order valence-corrected chi connectivity index (χ3v) is 26.6. The zero-order valence-corrected chi connectivity index (χ0v) is 75.9. The highest BCUT2D eigenvalue weighted by molar-refractivity contribution is 6.15. The largest absolute Gasteiger partial charge is 0.297 e. The summed E-state index contributed by atoms with van der Waals surface area (Å²) in [5, 5.41) is 9.75. The van der Waals surface area contributed by atoms with Crippen molar-refractivity contribution in [3.63, 3.8) is 0 Å². The van der Waals surface area contributed by atoms with Gasteiger partial charge in [-0.1, -0.05) is 180 Å². The summed E-state index contributed by atoms with van der Waals surface area (Å²) in [6.07, 6.45) is 3.86. The number of imidazole rings is 4. The van der Waals surface area contributed by atoms with Crippen molar-refractivity contribution >= 4 is 154 Å². The van der Waals surface area contributed by atoms with E-state index in [1.165, 1.54) is 210 Å². The van der Waals surface area contributed by atoms with E-state index in [1.54, 1.807) is 0 Å². The summed E-state index contributed by atoms with van der Waals surface area (Å²) >= 11 is 0. The number of para-hydroxylation sites is 6. The average molecular weight is 1630 g/mol. The molecule has 0 amide bonds. The highest BCUT2D eigenvalue weighted by Gasteiger charge is 2.32. The van der Waals surface area contributed by atoms with Crippen LogP contribution in [0.1, 0.15) is 186 Å².